The lowest BCUT2D eigenvalue weighted by molar-refractivity contribution is -0.118. The number of sulfone groups is 1. The van der Waals surface area contributed by atoms with Crippen LogP contribution >= 0.6 is 0 Å². The fourth-order valence-corrected chi connectivity index (χ4v) is 5.56. The monoisotopic (exact) mass is 467 g/mol. The van der Waals surface area contributed by atoms with Gasteiger partial charge in [-0.2, -0.15) is 5.10 Å². The first-order valence-corrected chi connectivity index (χ1v) is 12.8. The molecule has 4 rings (SSSR count). The number of carbonyl (C=O) groups excluding carboxylic acids is 1. The highest BCUT2D eigenvalue weighted by molar-refractivity contribution is 7.91. The minimum Gasteiger partial charge on any atom is -0.484 e. The molecule has 1 fully saturated rings. The van der Waals surface area contributed by atoms with Crippen molar-refractivity contribution in [3.05, 3.63) is 66.2 Å². The van der Waals surface area contributed by atoms with Crippen molar-refractivity contribution in [2.75, 3.05) is 23.4 Å². The number of rotatable bonds is 6. The van der Waals surface area contributed by atoms with Crippen LogP contribution in [-0.4, -0.2) is 42.2 Å². The van der Waals surface area contributed by atoms with E-state index in [1.54, 1.807) is 10.7 Å². The molecule has 1 saturated heterocycles. The SMILES string of the molecule is CC(C)(C)c1ccc(OCC(=O)Nc2cc(-c3ccccc3)nn2[C@@H]2CCS(=O)(=O)C2)cc1. The maximum atomic E-state index is 12.7. The van der Waals surface area contributed by atoms with Crippen LogP contribution in [0.4, 0.5) is 5.82 Å². The van der Waals surface area contributed by atoms with Crippen LogP contribution in [0.25, 0.3) is 11.3 Å². The third kappa shape index (κ3) is 5.63. The Kier molecular flexibility index (Phi) is 6.30. The van der Waals surface area contributed by atoms with Gasteiger partial charge in [0.05, 0.1) is 23.2 Å². The standard InChI is InChI=1S/C25H29N3O4S/c1-25(2,3)19-9-11-21(12-10-19)32-16-24(29)26-23-15-22(18-7-5-4-6-8-18)27-28(23)20-13-14-33(30,31)17-20/h4-12,15,20H,13-14,16-17H2,1-3H3,(H,26,29)/t20-/m1/s1. The van der Waals surface area contributed by atoms with E-state index in [4.69, 9.17) is 4.74 Å². The molecule has 1 N–H and O–H groups in total. The first-order valence-electron chi connectivity index (χ1n) is 11.0. The molecule has 0 radical (unpaired) electrons. The van der Waals surface area contributed by atoms with Crippen LogP contribution in [0.15, 0.2) is 60.7 Å². The molecule has 0 saturated carbocycles. The van der Waals surface area contributed by atoms with Crippen LogP contribution in [-0.2, 0) is 20.0 Å². The van der Waals surface area contributed by atoms with E-state index >= 15 is 0 Å². The Morgan fingerprint density at radius 3 is 2.42 bits per heavy atom. The fourth-order valence-electron chi connectivity index (χ4n) is 3.86. The van der Waals surface area contributed by atoms with Gasteiger partial charge in [0.15, 0.2) is 16.4 Å². The van der Waals surface area contributed by atoms with E-state index < -0.39 is 9.84 Å². The van der Waals surface area contributed by atoms with E-state index in [0.717, 1.165) is 5.56 Å². The van der Waals surface area contributed by atoms with Crippen molar-refractivity contribution in [3.8, 4) is 17.0 Å². The molecule has 2 aromatic carbocycles. The van der Waals surface area contributed by atoms with Gasteiger partial charge in [-0.25, -0.2) is 13.1 Å². The van der Waals surface area contributed by atoms with Crippen LogP contribution < -0.4 is 10.1 Å². The Labute approximate surface area is 194 Å². The second-order valence-corrected chi connectivity index (χ2v) is 11.6. The molecule has 2 heterocycles. The van der Waals surface area contributed by atoms with Gasteiger partial charge in [0.2, 0.25) is 0 Å². The molecular weight excluding hydrogens is 438 g/mol. The van der Waals surface area contributed by atoms with Gasteiger partial charge in [-0.1, -0.05) is 63.2 Å². The number of aromatic nitrogens is 2. The van der Waals surface area contributed by atoms with E-state index in [2.05, 4.69) is 31.2 Å². The van der Waals surface area contributed by atoms with Crippen molar-refractivity contribution in [1.82, 2.24) is 9.78 Å². The van der Waals surface area contributed by atoms with Crippen molar-refractivity contribution < 1.29 is 17.9 Å². The highest BCUT2D eigenvalue weighted by atomic mass is 32.2. The second-order valence-electron chi connectivity index (χ2n) is 9.39. The summed E-state index contributed by atoms with van der Waals surface area (Å²) < 4.78 is 31.3. The topological polar surface area (TPSA) is 90.3 Å². The maximum absolute atomic E-state index is 12.7. The zero-order valence-electron chi connectivity index (χ0n) is 19.1. The number of ether oxygens (including phenoxy) is 1. The summed E-state index contributed by atoms with van der Waals surface area (Å²) in [6.45, 7) is 6.25. The van der Waals surface area contributed by atoms with Crippen molar-refractivity contribution in [2.45, 2.75) is 38.6 Å². The molecular formula is C25H29N3O4S. The maximum Gasteiger partial charge on any atom is 0.263 e. The summed E-state index contributed by atoms with van der Waals surface area (Å²) in [7, 11) is -3.10. The lowest BCUT2D eigenvalue weighted by atomic mass is 9.87. The quantitative estimate of drug-likeness (QED) is 0.586. The van der Waals surface area contributed by atoms with Crippen LogP contribution in [0.1, 0.15) is 38.8 Å². The summed E-state index contributed by atoms with van der Waals surface area (Å²) in [6, 6.07) is 18.7. The molecule has 0 unspecified atom stereocenters. The normalized spacial score (nSPS) is 17.6. The Bertz CT molecular complexity index is 1230. The number of nitrogens with one attached hydrogen (secondary N) is 1. The molecule has 0 aliphatic carbocycles. The Morgan fingerprint density at radius 2 is 1.82 bits per heavy atom. The number of anilines is 1. The van der Waals surface area contributed by atoms with E-state index in [0.29, 0.717) is 23.7 Å². The van der Waals surface area contributed by atoms with Gasteiger partial charge in [0, 0.05) is 11.6 Å². The number of benzene rings is 2. The molecule has 0 bridgehead atoms. The molecule has 1 atom stereocenters. The van der Waals surface area contributed by atoms with Crippen LogP contribution in [0.3, 0.4) is 0 Å². The smallest absolute Gasteiger partial charge is 0.263 e. The summed E-state index contributed by atoms with van der Waals surface area (Å²) >= 11 is 0. The molecule has 3 aromatic rings. The van der Waals surface area contributed by atoms with Gasteiger partial charge in [0.25, 0.3) is 5.91 Å². The van der Waals surface area contributed by atoms with Gasteiger partial charge in [-0.05, 0) is 29.5 Å². The van der Waals surface area contributed by atoms with Crippen LogP contribution in [0, 0.1) is 0 Å². The molecule has 8 heteroatoms. The summed E-state index contributed by atoms with van der Waals surface area (Å²) in [5.74, 6) is 0.879. The average Bonchev–Trinajstić information content (AvgIpc) is 3.35. The van der Waals surface area contributed by atoms with Gasteiger partial charge in [0.1, 0.15) is 11.6 Å². The molecule has 174 valence electrons. The predicted octanol–water partition coefficient (Wildman–Crippen LogP) is 4.22. The Morgan fingerprint density at radius 1 is 1.12 bits per heavy atom. The highest BCUT2D eigenvalue weighted by Gasteiger charge is 2.31. The second kappa shape index (κ2) is 9.02. The van der Waals surface area contributed by atoms with Crippen LogP contribution in [0.5, 0.6) is 5.75 Å². The van der Waals surface area contributed by atoms with Crippen molar-refractivity contribution in [2.24, 2.45) is 0 Å². The predicted molar refractivity (Wildman–Crippen MR) is 129 cm³/mol. The third-order valence-corrected chi connectivity index (χ3v) is 7.47. The Balaban J connectivity index is 1.49. The first kappa shape index (κ1) is 23.0. The van der Waals surface area contributed by atoms with E-state index in [9.17, 15) is 13.2 Å². The Hall–Kier alpha value is -3.13. The molecule has 1 aliphatic heterocycles. The van der Waals surface area contributed by atoms with Gasteiger partial charge < -0.3 is 10.1 Å². The van der Waals surface area contributed by atoms with E-state index in [1.807, 2.05) is 54.6 Å². The minimum absolute atomic E-state index is 0.0163. The third-order valence-electron chi connectivity index (χ3n) is 5.72. The number of hydrogen-bond acceptors (Lipinski definition) is 5. The molecule has 1 aliphatic rings. The number of carbonyl (C=O) groups is 1. The summed E-state index contributed by atoms with van der Waals surface area (Å²) in [5, 5.41) is 7.48. The lowest BCUT2D eigenvalue weighted by Gasteiger charge is -2.19. The lowest BCUT2D eigenvalue weighted by Crippen LogP contribution is -2.23. The number of nitrogens with zero attached hydrogens (tertiary/aromatic N) is 2. The van der Waals surface area contributed by atoms with Crippen molar-refractivity contribution in [1.29, 1.82) is 0 Å². The van der Waals surface area contributed by atoms with E-state index in [-0.39, 0.29) is 35.5 Å². The van der Waals surface area contributed by atoms with E-state index in [1.165, 1.54) is 5.56 Å². The molecule has 7 nitrogen and oxygen atoms in total. The minimum atomic E-state index is -3.10. The fraction of sp³-hybridized carbons (Fsp3) is 0.360. The first-order chi connectivity index (χ1) is 15.6. The zero-order valence-corrected chi connectivity index (χ0v) is 19.9. The number of hydrogen-bond donors (Lipinski definition) is 1. The van der Waals surface area contributed by atoms with Gasteiger partial charge in [-0.3, -0.25) is 4.79 Å². The van der Waals surface area contributed by atoms with Crippen molar-refractivity contribution >= 4 is 21.6 Å². The average molecular weight is 468 g/mol. The molecule has 0 spiro atoms. The largest absolute Gasteiger partial charge is 0.484 e. The number of amides is 1. The molecule has 33 heavy (non-hydrogen) atoms. The summed E-state index contributed by atoms with van der Waals surface area (Å²) in [5.41, 5.74) is 2.79. The summed E-state index contributed by atoms with van der Waals surface area (Å²) in [4.78, 5) is 12.7. The van der Waals surface area contributed by atoms with Gasteiger partial charge in [-0.15, -0.1) is 0 Å². The summed E-state index contributed by atoms with van der Waals surface area (Å²) in [6.07, 6.45) is 0.470. The zero-order chi connectivity index (χ0) is 23.6. The highest BCUT2D eigenvalue weighted by Crippen LogP contribution is 2.30. The molecule has 1 aromatic heterocycles. The van der Waals surface area contributed by atoms with Crippen molar-refractivity contribution in [3.63, 3.8) is 0 Å². The van der Waals surface area contributed by atoms with Gasteiger partial charge >= 0.3 is 0 Å². The molecule has 1 amide bonds. The van der Waals surface area contributed by atoms with Crippen LogP contribution in [0.2, 0.25) is 0 Å².